The van der Waals surface area contributed by atoms with Gasteiger partial charge >= 0.3 is 0 Å². The van der Waals surface area contributed by atoms with E-state index in [1.807, 2.05) is 6.92 Å². The summed E-state index contributed by atoms with van der Waals surface area (Å²) in [5, 5.41) is 3.19. The van der Waals surface area contributed by atoms with Crippen LogP contribution in [0.3, 0.4) is 0 Å². The van der Waals surface area contributed by atoms with Crippen LogP contribution in [0.5, 0.6) is 0 Å². The van der Waals surface area contributed by atoms with E-state index in [4.69, 9.17) is 16.3 Å². The van der Waals surface area contributed by atoms with E-state index in [9.17, 15) is 14.0 Å². The van der Waals surface area contributed by atoms with Crippen LogP contribution >= 0.6 is 11.6 Å². The van der Waals surface area contributed by atoms with Crippen molar-refractivity contribution < 1.29 is 18.7 Å². The SMILES string of the molecule is CC1CN(C(CNC(=O)c2ccc(C=O)cc2)c2c(F)cccc2Cl)CCO1. The maximum absolute atomic E-state index is 14.6. The zero-order valence-electron chi connectivity index (χ0n) is 15.5. The van der Waals surface area contributed by atoms with Gasteiger partial charge in [0.05, 0.1) is 18.8 Å². The van der Waals surface area contributed by atoms with E-state index < -0.39 is 11.9 Å². The Morgan fingerprint density at radius 3 is 2.75 bits per heavy atom. The van der Waals surface area contributed by atoms with Crippen LogP contribution in [0.1, 0.15) is 39.2 Å². The van der Waals surface area contributed by atoms with Gasteiger partial charge in [-0.2, -0.15) is 0 Å². The van der Waals surface area contributed by atoms with E-state index in [1.54, 1.807) is 36.4 Å². The minimum Gasteiger partial charge on any atom is -0.376 e. The number of halogens is 2. The van der Waals surface area contributed by atoms with Gasteiger partial charge in [-0.3, -0.25) is 14.5 Å². The number of carbonyl (C=O) groups excluding carboxylic acids is 2. The number of rotatable bonds is 6. The van der Waals surface area contributed by atoms with Gasteiger partial charge in [0, 0.05) is 41.3 Å². The smallest absolute Gasteiger partial charge is 0.251 e. The summed E-state index contributed by atoms with van der Waals surface area (Å²) in [6, 6.07) is 10.5. The van der Waals surface area contributed by atoms with Gasteiger partial charge in [-0.05, 0) is 31.2 Å². The molecular weight excluding hydrogens is 383 g/mol. The molecule has 1 aliphatic rings. The number of carbonyl (C=O) groups is 2. The number of nitrogens with one attached hydrogen (secondary N) is 1. The molecule has 2 unspecified atom stereocenters. The van der Waals surface area contributed by atoms with Crippen molar-refractivity contribution >= 4 is 23.8 Å². The van der Waals surface area contributed by atoms with Crippen molar-refractivity contribution in [3.63, 3.8) is 0 Å². The van der Waals surface area contributed by atoms with E-state index in [1.165, 1.54) is 6.07 Å². The zero-order chi connectivity index (χ0) is 20.1. The second kappa shape index (κ2) is 9.28. The first-order valence-electron chi connectivity index (χ1n) is 9.12. The summed E-state index contributed by atoms with van der Waals surface area (Å²) in [5.74, 6) is -0.697. The number of morpholine rings is 1. The van der Waals surface area contributed by atoms with Crippen molar-refractivity contribution in [2.75, 3.05) is 26.2 Å². The maximum atomic E-state index is 14.6. The van der Waals surface area contributed by atoms with Gasteiger partial charge in [-0.15, -0.1) is 0 Å². The normalized spacial score (nSPS) is 18.5. The van der Waals surface area contributed by atoms with Gasteiger partial charge in [0.2, 0.25) is 0 Å². The molecule has 2 aromatic carbocycles. The fraction of sp³-hybridized carbons (Fsp3) is 0.333. The van der Waals surface area contributed by atoms with Gasteiger partial charge in [0.25, 0.3) is 5.91 Å². The molecule has 0 radical (unpaired) electrons. The number of nitrogens with zero attached hydrogens (tertiary/aromatic N) is 1. The molecule has 1 saturated heterocycles. The van der Waals surface area contributed by atoms with Crippen LogP contribution < -0.4 is 5.32 Å². The summed E-state index contributed by atoms with van der Waals surface area (Å²) < 4.78 is 20.2. The van der Waals surface area contributed by atoms with Gasteiger partial charge in [-0.25, -0.2) is 4.39 Å². The Balaban J connectivity index is 1.80. The lowest BCUT2D eigenvalue weighted by molar-refractivity contribution is -0.0346. The van der Waals surface area contributed by atoms with Crippen molar-refractivity contribution in [1.82, 2.24) is 10.2 Å². The molecule has 5 nitrogen and oxygen atoms in total. The highest BCUT2D eigenvalue weighted by atomic mass is 35.5. The van der Waals surface area contributed by atoms with Crippen LogP contribution in [-0.2, 0) is 4.74 Å². The third kappa shape index (κ3) is 4.76. The van der Waals surface area contributed by atoms with Crippen molar-refractivity contribution in [3.05, 3.63) is 70.0 Å². The number of hydrogen-bond acceptors (Lipinski definition) is 4. The van der Waals surface area contributed by atoms with E-state index >= 15 is 0 Å². The van der Waals surface area contributed by atoms with Crippen molar-refractivity contribution in [2.45, 2.75) is 19.1 Å². The van der Waals surface area contributed by atoms with Crippen LogP contribution in [0.25, 0.3) is 0 Å². The molecule has 1 N–H and O–H groups in total. The van der Waals surface area contributed by atoms with E-state index in [0.717, 1.165) is 6.29 Å². The van der Waals surface area contributed by atoms with Crippen LogP contribution in [0.4, 0.5) is 4.39 Å². The first-order valence-corrected chi connectivity index (χ1v) is 9.50. The summed E-state index contributed by atoms with van der Waals surface area (Å²) in [5.41, 5.74) is 1.30. The first kappa shape index (κ1) is 20.5. The molecular formula is C21H22ClFN2O3. The molecule has 7 heteroatoms. The average molecular weight is 405 g/mol. The van der Waals surface area contributed by atoms with Gasteiger partial charge in [-0.1, -0.05) is 29.8 Å². The Morgan fingerprint density at radius 1 is 1.36 bits per heavy atom. The molecule has 1 fully saturated rings. The molecule has 0 saturated carbocycles. The fourth-order valence-electron chi connectivity index (χ4n) is 3.38. The first-order chi connectivity index (χ1) is 13.5. The third-order valence-electron chi connectivity index (χ3n) is 4.81. The number of hydrogen-bond donors (Lipinski definition) is 1. The van der Waals surface area contributed by atoms with Crippen molar-refractivity contribution in [2.24, 2.45) is 0 Å². The number of benzene rings is 2. The largest absolute Gasteiger partial charge is 0.376 e. The summed E-state index contributed by atoms with van der Waals surface area (Å²) >= 11 is 6.30. The predicted molar refractivity (Wildman–Crippen MR) is 105 cm³/mol. The minimum absolute atomic E-state index is 0.00776. The molecule has 0 bridgehead atoms. The molecule has 28 heavy (non-hydrogen) atoms. The fourth-order valence-corrected chi connectivity index (χ4v) is 3.66. The molecule has 2 atom stereocenters. The molecule has 148 valence electrons. The summed E-state index contributed by atoms with van der Waals surface area (Å²) in [6.07, 6.45) is 0.727. The van der Waals surface area contributed by atoms with Crippen molar-refractivity contribution in [1.29, 1.82) is 0 Å². The van der Waals surface area contributed by atoms with E-state index in [0.29, 0.717) is 41.4 Å². The third-order valence-corrected chi connectivity index (χ3v) is 5.14. The average Bonchev–Trinajstić information content (AvgIpc) is 2.70. The lowest BCUT2D eigenvalue weighted by Crippen LogP contribution is -2.47. The lowest BCUT2D eigenvalue weighted by atomic mass is 10.0. The Kier molecular flexibility index (Phi) is 6.78. The summed E-state index contributed by atoms with van der Waals surface area (Å²) in [7, 11) is 0. The zero-order valence-corrected chi connectivity index (χ0v) is 16.3. The molecule has 1 amide bonds. The van der Waals surface area contributed by atoms with Crippen molar-refractivity contribution in [3.8, 4) is 0 Å². The molecule has 0 spiro atoms. The van der Waals surface area contributed by atoms with E-state index in [2.05, 4.69) is 10.2 Å². The number of ether oxygens (including phenoxy) is 1. The number of aldehydes is 1. The monoisotopic (exact) mass is 404 g/mol. The van der Waals surface area contributed by atoms with Crippen LogP contribution in [0.15, 0.2) is 42.5 Å². The molecule has 0 aromatic heterocycles. The summed E-state index contributed by atoms with van der Waals surface area (Å²) in [4.78, 5) is 25.4. The lowest BCUT2D eigenvalue weighted by Gasteiger charge is -2.38. The second-order valence-corrected chi connectivity index (χ2v) is 7.18. The molecule has 2 aromatic rings. The van der Waals surface area contributed by atoms with Gasteiger partial charge in [0.15, 0.2) is 0 Å². The Bertz CT molecular complexity index is 824. The maximum Gasteiger partial charge on any atom is 0.251 e. The molecule has 1 aliphatic heterocycles. The van der Waals surface area contributed by atoms with Gasteiger partial charge in [0.1, 0.15) is 12.1 Å². The van der Waals surface area contributed by atoms with Crippen LogP contribution in [0, 0.1) is 5.82 Å². The Hall–Kier alpha value is -2.28. The predicted octanol–water partition coefficient (Wildman–Crippen LogP) is 3.48. The molecule has 1 heterocycles. The quantitative estimate of drug-likeness (QED) is 0.749. The topological polar surface area (TPSA) is 58.6 Å². The summed E-state index contributed by atoms with van der Waals surface area (Å²) in [6.45, 7) is 3.91. The highest BCUT2D eigenvalue weighted by molar-refractivity contribution is 6.31. The van der Waals surface area contributed by atoms with E-state index in [-0.39, 0.29) is 18.6 Å². The Morgan fingerprint density at radius 2 is 2.11 bits per heavy atom. The Labute approximate surface area is 168 Å². The minimum atomic E-state index is -0.418. The second-order valence-electron chi connectivity index (χ2n) is 6.78. The molecule has 3 rings (SSSR count). The highest BCUT2D eigenvalue weighted by Crippen LogP contribution is 2.31. The van der Waals surface area contributed by atoms with Crippen LogP contribution in [-0.4, -0.2) is 49.4 Å². The standard InChI is InChI=1S/C21H22ClFN2O3/c1-14-12-25(9-10-28-14)19(20-17(22)3-2-4-18(20)23)11-24-21(27)16-7-5-15(13-26)6-8-16/h2-8,13-14,19H,9-12H2,1H3,(H,24,27). The highest BCUT2D eigenvalue weighted by Gasteiger charge is 2.29. The number of amides is 1. The van der Waals surface area contributed by atoms with Gasteiger partial charge < -0.3 is 10.1 Å². The van der Waals surface area contributed by atoms with Crippen LogP contribution in [0.2, 0.25) is 5.02 Å². The molecule has 0 aliphatic carbocycles.